The molecule has 3 heterocycles. The zero-order valence-corrected chi connectivity index (χ0v) is 21.4. The predicted octanol–water partition coefficient (Wildman–Crippen LogP) is 4.33. The van der Waals surface area contributed by atoms with E-state index in [1.807, 2.05) is 60.3 Å². The van der Waals surface area contributed by atoms with E-state index in [1.54, 1.807) is 37.5 Å². The fraction of sp³-hybridized carbons (Fsp3) is 0.222. The molecular formula is C27H24ClN3O3S. The number of benzene rings is 2. The lowest BCUT2D eigenvalue weighted by Crippen LogP contribution is -2.40. The molecule has 0 amide bonds. The van der Waals surface area contributed by atoms with Crippen molar-refractivity contribution in [1.82, 2.24) is 9.13 Å². The van der Waals surface area contributed by atoms with Gasteiger partial charge in [-0.1, -0.05) is 53.3 Å². The summed E-state index contributed by atoms with van der Waals surface area (Å²) in [5.41, 5.74) is 3.48. The Morgan fingerprint density at radius 2 is 1.89 bits per heavy atom. The van der Waals surface area contributed by atoms with Gasteiger partial charge in [-0.25, -0.2) is 9.79 Å². The topological polar surface area (TPSA) is 65.6 Å². The van der Waals surface area contributed by atoms with Crippen LogP contribution in [0, 0.1) is 0 Å². The van der Waals surface area contributed by atoms with Gasteiger partial charge in [0.05, 0.1) is 27.9 Å². The first-order valence-electron chi connectivity index (χ1n) is 11.3. The number of hydrogen-bond acceptors (Lipinski definition) is 5. The van der Waals surface area contributed by atoms with Crippen molar-refractivity contribution in [2.24, 2.45) is 12.0 Å². The standard InChI is InChI=1S/C27H24ClN3O3S/c1-15(2)34-26(33)23-16(3)29-27-31(24(23)17-9-11-19(28)12-10-17)25(32)22(35-27)13-18-14-30(4)21-8-6-5-7-20(18)21/h5-15,24H,1-4H3/t24-/m0/s1. The molecule has 0 bridgehead atoms. The maximum absolute atomic E-state index is 13.8. The van der Waals surface area contributed by atoms with Crippen LogP contribution in [-0.2, 0) is 16.6 Å². The normalized spacial score (nSPS) is 16.1. The molecule has 0 aliphatic carbocycles. The molecule has 6 nitrogen and oxygen atoms in total. The van der Waals surface area contributed by atoms with Crippen LogP contribution < -0.4 is 14.9 Å². The Balaban J connectivity index is 1.74. The molecule has 0 N–H and O–H groups in total. The highest BCUT2D eigenvalue weighted by atomic mass is 35.5. The first-order valence-corrected chi connectivity index (χ1v) is 12.5. The molecule has 1 aliphatic heterocycles. The Kier molecular flexibility index (Phi) is 5.99. The third-order valence-corrected chi connectivity index (χ3v) is 7.22. The third kappa shape index (κ3) is 4.15. The number of aryl methyl sites for hydroxylation is 1. The number of thiazole rings is 1. The number of rotatable bonds is 4. The third-order valence-electron chi connectivity index (χ3n) is 5.98. The number of fused-ring (bicyclic) bond motifs is 2. The van der Waals surface area contributed by atoms with Crippen LogP contribution in [0.3, 0.4) is 0 Å². The predicted molar refractivity (Wildman–Crippen MR) is 139 cm³/mol. The SMILES string of the molecule is CC1=C(C(=O)OC(C)C)[C@H](c2ccc(Cl)cc2)n2c(sc(=Cc3cn(C)c4ccccc34)c2=O)=N1. The molecule has 1 atom stereocenters. The second-order valence-electron chi connectivity index (χ2n) is 8.80. The Morgan fingerprint density at radius 3 is 2.60 bits per heavy atom. The zero-order chi connectivity index (χ0) is 24.9. The summed E-state index contributed by atoms with van der Waals surface area (Å²) < 4.78 is 9.72. The van der Waals surface area contributed by atoms with Gasteiger partial charge >= 0.3 is 5.97 Å². The molecule has 0 radical (unpaired) electrons. The molecule has 178 valence electrons. The Hall–Kier alpha value is -3.42. The van der Waals surface area contributed by atoms with Crippen molar-refractivity contribution in [2.75, 3.05) is 0 Å². The lowest BCUT2D eigenvalue weighted by atomic mass is 9.96. The molecule has 0 unspecified atom stereocenters. The van der Waals surface area contributed by atoms with Crippen LogP contribution in [0.2, 0.25) is 5.02 Å². The fourth-order valence-corrected chi connectivity index (χ4v) is 5.61. The largest absolute Gasteiger partial charge is 0.459 e. The van der Waals surface area contributed by atoms with Gasteiger partial charge in [0.25, 0.3) is 5.56 Å². The fourth-order valence-electron chi connectivity index (χ4n) is 4.45. The Morgan fingerprint density at radius 1 is 1.17 bits per heavy atom. The highest BCUT2D eigenvalue weighted by Gasteiger charge is 2.33. The second-order valence-corrected chi connectivity index (χ2v) is 10.2. The van der Waals surface area contributed by atoms with Crippen molar-refractivity contribution < 1.29 is 9.53 Å². The van der Waals surface area contributed by atoms with Gasteiger partial charge in [0.2, 0.25) is 0 Å². The molecule has 8 heteroatoms. The molecule has 0 fully saturated rings. The Labute approximate surface area is 211 Å². The average Bonchev–Trinajstić information content (AvgIpc) is 3.29. The lowest BCUT2D eigenvalue weighted by Gasteiger charge is -2.25. The van der Waals surface area contributed by atoms with E-state index in [0.717, 1.165) is 22.0 Å². The number of para-hydroxylation sites is 1. The van der Waals surface area contributed by atoms with Gasteiger partial charge < -0.3 is 9.30 Å². The van der Waals surface area contributed by atoms with Crippen molar-refractivity contribution >= 4 is 45.9 Å². The molecule has 2 aromatic carbocycles. The highest BCUT2D eigenvalue weighted by molar-refractivity contribution is 7.07. The van der Waals surface area contributed by atoms with Crippen LogP contribution in [0.5, 0.6) is 0 Å². The number of nitrogens with zero attached hydrogens (tertiary/aromatic N) is 3. The van der Waals surface area contributed by atoms with Gasteiger partial charge in [0.1, 0.15) is 0 Å². The van der Waals surface area contributed by atoms with Crippen molar-refractivity contribution in [3.63, 3.8) is 0 Å². The number of allylic oxidation sites excluding steroid dienone is 1. The van der Waals surface area contributed by atoms with Crippen LogP contribution in [0.4, 0.5) is 0 Å². The minimum absolute atomic E-state index is 0.205. The van der Waals surface area contributed by atoms with Crippen LogP contribution in [0.25, 0.3) is 17.0 Å². The van der Waals surface area contributed by atoms with E-state index < -0.39 is 12.0 Å². The first-order chi connectivity index (χ1) is 16.7. The monoisotopic (exact) mass is 505 g/mol. The summed E-state index contributed by atoms with van der Waals surface area (Å²) >= 11 is 7.44. The summed E-state index contributed by atoms with van der Waals surface area (Å²) in [5, 5.41) is 1.64. The summed E-state index contributed by atoms with van der Waals surface area (Å²) in [6.07, 6.45) is 3.61. The number of halogens is 1. The summed E-state index contributed by atoms with van der Waals surface area (Å²) in [5.74, 6) is -0.482. The molecule has 35 heavy (non-hydrogen) atoms. The number of aromatic nitrogens is 2. The zero-order valence-electron chi connectivity index (χ0n) is 19.8. The minimum atomic E-state index is -0.663. The number of hydrogen-bond donors (Lipinski definition) is 0. The van der Waals surface area contributed by atoms with Gasteiger partial charge in [-0.2, -0.15) is 0 Å². The van der Waals surface area contributed by atoms with E-state index >= 15 is 0 Å². The average molecular weight is 506 g/mol. The van der Waals surface area contributed by atoms with E-state index in [4.69, 9.17) is 16.3 Å². The van der Waals surface area contributed by atoms with E-state index in [1.165, 1.54) is 11.3 Å². The summed E-state index contributed by atoms with van der Waals surface area (Å²) in [6.45, 7) is 5.37. The maximum Gasteiger partial charge on any atom is 0.338 e. The number of ether oxygens (including phenoxy) is 1. The van der Waals surface area contributed by atoms with E-state index in [-0.39, 0.29) is 11.7 Å². The van der Waals surface area contributed by atoms with Gasteiger partial charge in [-0.3, -0.25) is 9.36 Å². The van der Waals surface area contributed by atoms with E-state index in [0.29, 0.717) is 25.6 Å². The lowest BCUT2D eigenvalue weighted by molar-refractivity contribution is -0.143. The van der Waals surface area contributed by atoms with E-state index in [9.17, 15) is 9.59 Å². The summed E-state index contributed by atoms with van der Waals surface area (Å²) in [7, 11) is 1.98. The van der Waals surface area contributed by atoms with Crippen LogP contribution >= 0.6 is 22.9 Å². The van der Waals surface area contributed by atoms with Crippen LogP contribution in [-0.4, -0.2) is 21.2 Å². The summed E-state index contributed by atoms with van der Waals surface area (Å²) in [6, 6.07) is 14.6. The smallest absolute Gasteiger partial charge is 0.338 e. The van der Waals surface area contributed by atoms with Crippen molar-refractivity contribution in [3.05, 3.63) is 102 Å². The van der Waals surface area contributed by atoms with Crippen molar-refractivity contribution in [1.29, 1.82) is 0 Å². The summed E-state index contributed by atoms with van der Waals surface area (Å²) in [4.78, 5) is 32.1. The molecule has 1 aliphatic rings. The molecule has 0 saturated heterocycles. The van der Waals surface area contributed by atoms with Gasteiger partial charge in [-0.15, -0.1) is 0 Å². The molecule has 5 rings (SSSR count). The van der Waals surface area contributed by atoms with Gasteiger partial charge in [-0.05, 0) is 50.6 Å². The van der Waals surface area contributed by atoms with Crippen LogP contribution in [0.1, 0.15) is 37.9 Å². The quantitative estimate of drug-likeness (QED) is 0.388. The second kappa shape index (κ2) is 8.98. The van der Waals surface area contributed by atoms with Gasteiger partial charge in [0, 0.05) is 34.7 Å². The van der Waals surface area contributed by atoms with Crippen molar-refractivity contribution in [2.45, 2.75) is 32.9 Å². The van der Waals surface area contributed by atoms with Gasteiger partial charge in [0.15, 0.2) is 4.80 Å². The molecule has 2 aromatic heterocycles. The van der Waals surface area contributed by atoms with Crippen molar-refractivity contribution in [3.8, 4) is 0 Å². The van der Waals surface area contributed by atoms with E-state index in [2.05, 4.69) is 4.99 Å². The maximum atomic E-state index is 13.8. The Bertz CT molecular complexity index is 1670. The molecule has 0 spiro atoms. The molecule has 4 aromatic rings. The number of carbonyl (C=O) groups is 1. The minimum Gasteiger partial charge on any atom is -0.459 e. The van der Waals surface area contributed by atoms with Crippen LogP contribution in [0.15, 0.2) is 75.8 Å². The number of carbonyl (C=O) groups excluding carboxylic acids is 1. The number of esters is 1. The highest BCUT2D eigenvalue weighted by Crippen LogP contribution is 2.31. The molecular weight excluding hydrogens is 482 g/mol. The molecule has 0 saturated carbocycles. The first kappa shape index (κ1) is 23.3.